The summed E-state index contributed by atoms with van der Waals surface area (Å²) in [6.45, 7) is 4.63. The van der Waals surface area contributed by atoms with Gasteiger partial charge in [0.2, 0.25) is 0 Å². The number of thioether (sulfide) groups is 1. The largest absolute Gasteiger partial charge is 0.465 e. The number of rotatable bonds is 8. The summed E-state index contributed by atoms with van der Waals surface area (Å²) in [4.78, 5) is 21.7. The molecule has 0 saturated carbocycles. The van der Waals surface area contributed by atoms with E-state index in [4.69, 9.17) is 4.74 Å². The Kier molecular flexibility index (Phi) is 6.86. The number of carbonyl (C=O) groups excluding carboxylic acids is 1. The molecule has 110 valence electrons. The SMILES string of the molecule is CCNc1cc(CSCC(=O)OCC)ccc1[N+](=O)[O-]. The minimum absolute atomic E-state index is 0.0611. The summed E-state index contributed by atoms with van der Waals surface area (Å²) in [5, 5.41) is 13.9. The number of nitro groups is 1. The van der Waals surface area contributed by atoms with Crippen molar-refractivity contribution in [2.75, 3.05) is 24.2 Å². The van der Waals surface area contributed by atoms with Crippen LogP contribution in [0.2, 0.25) is 0 Å². The van der Waals surface area contributed by atoms with Gasteiger partial charge in [-0.2, -0.15) is 0 Å². The first-order valence-corrected chi connectivity index (χ1v) is 7.48. The number of hydrogen-bond acceptors (Lipinski definition) is 6. The lowest BCUT2D eigenvalue weighted by molar-refractivity contribution is -0.384. The first kappa shape index (κ1) is 16.3. The van der Waals surface area contributed by atoms with Gasteiger partial charge < -0.3 is 10.1 Å². The van der Waals surface area contributed by atoms with Crippen LogP contribution in [0.25, 0.3) is 0 Å². The number of benzene rings is 1. The molecule has 0 aliphatic rings. The summed E-state index contributed by atoms with van der Waals surface area (Å²) in [6.07, 6.45) is 0. The molecule has 0 aliphatic heterocycles. The van der Waals surface area contributed by atoms with Crippen molar-refractivity contribution in [1.82, 2.24) is 0 Å². The van der Waals surface area contributed by atoms with E-state index in [0.29, 0.717) is 24.6 Å². The van der Waals surface area contributed by atoms with E-state index in [-0.39, 0.29) is 17.4 Å². The lowest BCUT2D eigenvalue weighted by atomic mass is 10.2. The Morgan fingerprint density at radius 1 is 1.45 bits per heavy atom. The van der Waals surface area contributed by atoms with E-state index >= 15 is 0 Å². The van der Waals surface area contributed by atoms with E-state index in [9.17, 15) is 14.9 Å². The van der Waals surface area contributed by atoms with Gasteiger partial charge in [-0.1, -0.05) is 6.07 Å². The van der Waals surface area contributed by atoms with Gasteiger partial charge in [0.1, 0.15) is 5.69 Å². The zero-order valence-electron chi connectivity index (χ0n) is 11.5. The molecule has 1 N–H and O–H groups in total. The van der Waals surface area contributed by atoms with Crippen LogP contribution in [-0.4, -0.2) is 29.8 Å². The van der Waals surface area contributed by atoms with Crippen LogP contribution in [0.4, 0.5) is 11.4 Å². The number of hydrogen-bond donors (Lipinski definition) is 1. The highest BCUT2D eigenvalue weighted by molar-refractivity contribution is 7.99. The number of esters is 1. The Bertz CT molecular complexity index is 479. The second kappa shape index (κ2) is 8.42. The fraction of sp³-hybridized carbons (Fsp3) is 0.462. The summed E-state index contributed by atoms with van der Waals surface area (Å²) in [5.74, 6) is 0.641. The summed E-state index contributed by atoms with van der Waals surface area (Å²) in [6, 6.07) is 4.94. The topological polar surface area (TPSA) is 81.5 Å². The third-order valence-electron chi connectivity index (χ3n) is 2.42. The predicted octanol–water partition coefficient (Wildman–Crippen LogP) is 2.82. The van der Waals surface area contributed by atoms with E-state index in [1.165, 1.54) is 17.8 Å². The molecule has 1 rings (SSSR count). The van der Waals surface area contributed by atoms with Crippen molar-refractivity contribution >= 4 is 29.1 Å². The van der Waals surface area contributed by atoms with E-state index < -0.39 is 4.92 Å². The third kappa shape index (κ3) is 5.08. The summed E-state index contributed by atoms with van der Waals surface area (Å²) < 4.78 is 4.83. The van der Waals surface area contributed by atoms with Crippen LogP contribution in [-0.2, 0) is 15.3 Å². The molecule has 0 fully saturated rings. The van der Waals surface area contributed by atoms with Crippen molar-refractivity contribution in [2.24, 2.45) is 0 Å². The van der Waals surface area contributed by atoms with Crippen LogP contribution in [0.3, 0.4) is 0 Å². The zero-order chi connectivity index (χ0) is 15.0. The van der Waals surface area contributed by atoms with Crippen molar-refractivity contribution in [1.29, 1.82) is 0 Å². The van der Waals surface area contributed by atoms with Crippen LogP contribution < -0.4 is 5.32 Å². The normalized spacial score (nSPS) is 10.1. The maximum Gasteiger partial charge on any atom is 0.315 e. The highest BCUT2D eigenvalue weighted by Crippen LogP contribution is 2.27. The standard InChI is InChI=1S/C13H18N2O4S/c1-3-14-11-7-10(5-6-12(11)15(17)18)8-20-9-13(16)19-4-2/h5-7,14H,3-4,8-9H2,1-2H3. The molecule has 0 spiro atoms. The number of ether oxygens (including phenoxy) is 1. The van der Waals surface area contributed by atoms with Gasteiger partial charge in [0, 0.05) is 18.4 Å². The van der Waals surface area contributed by atoms with E-state index in [1.54, 1.807) is 19.1 Å². The van der Waals surface area contributed by atoms with Crippen LogP contribution >= 0.6 is 11.8 Å². The minimum atomic E-state index is -0.409. The fourth-order valence-electron chi connectivity index (χ4n) is 1.62. The van der Waals surface area contributed by atoms with Crippen LogP contribution in [0, 0.1) is 10.1 Å². The van der Waals surface area contributed by atoms with Crippen molar-refractivity contribution in [3.8, 4) is 0 Å². The summed E-state index contributed by atoms with van der Waals surface area (Å²) in [7, 11) is 0. The second-order valence-electron chi connectivity index (χ2n) is 3.94. The minimum Gasteiger partial charge on any atom is -0.465 e. The van der Waals surface area contributed by atoms with Crippen LogP contribution in [0.5, 0.6) is 0 Å². The highest BCUT2D eigenvalue weighted by atomic mass is 32.2. The first-order valence-electron chi connectivity index (χ1n) is 6.33. The van der Waals surface area contributed by atoms with Crippen molar-refractivity contribution in [2.45, 2.75) is 19.6 Å². The van der Waals surface area contributed by atoms with Gasteiger partial charge in [-0.3, -0.25) is 14.9 Å². The van der Waals surface area contributed by atoms with Crippen LogP contribution in [0.1, 0.15) is 19.4 Å². The van der Waals surface area contributed by atoms with Crippen LogP contribution in [0.15, 0.2) is 18.2 Å². The fourth-order valence-corrected chi connectivity index (χ4v) is 2.39. The molecule has 7 heteroatoms. The van der Waals surface area contributed by atoms with Gasteiger partial charge in [0.15, 0.2) is 0 Å². The maximum absolute atomic E-state index is 11.2. The average molecular weight is 298 g/mol. The third-order valence-corrected chi connectivity index (χ3v) is 3.40. The molecule has 0 saturated heterocycles. The molecule has 0 aromatic heterocycles. The van der Waals surface area contributed by atoms with E-state index in [2.05, 4.69) is 5.32 Å². The Hall–Kier alpha value is -1.76. The molecule has 1 aromatic carbocycles. The number of nitrogens with one attached hydrogen (secondary N) is 1. The number of nitrogens with zero attached hydrogens (tertiary/aromatic N) is 1. The molecular weight excluding hydrogens is 280 g/mol. The zero-order valence-corrected chi connectivity index (χ0v) is 12.4. The lowest BCUT2D eigenvalue weighted by Crippen LogP contribution is -2.07. The first-order chi connectivity index (χ1) is 9.58. The van der Waals surface area contributed by atoms with Crippen molar-refractivity contribution in [3.05, 3.63) is 33.9 Å². The summed E-state index contributed by atoms with van der Waals surface area (Å²) >= 11 is 1.42. The van der Waals surface area contributed by atoms with Gasteiger partial charge in [-0.05, 0) is 25.5 Å². The lowest BCUT2D eigenvalue weighted by Gasteiger charge is -2.07. The van der Waals surface area contributed by atoms with E-state index in [1.807, 2.05) is 6.92 Å². The maximum atomic E-state index is 11.2. The number of anilines is 1. The molecule has 1 aromatic rings. The van der Waals surface area contributed by atoms with Gasteiger partial charge in [-0.25, -0.2) is 0 Å². The Balaban J connectivity index is 2.65. The van der Waals surface area contributed by atoms with Gasteiger partial charge in [0.05, 0.1) is 17.3 Å². The Morgan fingerprint density at radius 2 is 2.20 bits per heavy atom. The molecule has 0 amide bonds. The van der Waals surface area contributed by atoms with Gasteiger partial charge in [-0.15, -0.1) is 11.8 Å². The van der Waals surface area contributed by atoms with Crippen molar-refractivity contribution in [3.63, 3.8) is 0 Å². The Labute approximate surface area is 122 Å². The van der Waals surface area contributed by atoms with Gasteiger partial charge in [0.25, 0.3) is 5.69 Å². The molecular formula is C13H18N2O4S. The van der Waals surface area contributed by atoms with Crippen molar-refractivity contribution < 1.29 is 14.5 Å². The Morgan fingerprint density at radius 3 is 2.80 bits per heavy atom. The number of carbonyl (C=O) groups is 1. The average Bonchev–Trinajstić information content (AvgIpc) is 2.39. The molecule has 6 nitrogen and oxygen atoms in total. The second-order valence-corrected chi connectivity index (χ2v) is 4.92. The predicted molar refractivity (Wildman–Crippen MR) is 80.1 cm³/mol. The molecule has 0 radical (unpaired) electrons. The quantitative estimate of drug-likeness (QED) is 0.451. The molecule has 0 heterocycles. The summed E-state index contributed by atoms with van der Waals surface area (Å²) in [5.41, 5.74) is 1.50. The number of nitro benzene ring substituents is 1. The molecule has 0 aliphatic carbocycles. The molecule has 20 heavy (non-hydrogen) atoms. The monoisotopic (exact) mass is 298 g/mol. The van der Waals surface area contributed by atoms with E-state index in [0.717, 1.165) is 5.56 Å². The smallest absolute Gasteiger partial charge is 0.315 e. The molecule has 0 unspecified atom stereocenters. The highest BCUT2D eigenvalue weighted by Gasteiger charge is 2.13. The molecule has 0 atom stereocenters. The molecule has 0 bridgehead atoms. The van der Waals surface area contributed by atoms with Gasteiger partial charge >= 0.3 is 5.97 Å².